The lowest BCUT2D eigenvalue weighted by Gasteiger charge is -2.20. The number of unbranched alkanes of at least 4 members (excludes halogenated alkanes) is 1. The van der Waals surface area contributed by atoms with Crippen molar-refractivity contribution in [3.63, 3.8) is 0 Å². The van der Waals surface area contributed by atoms with Crippen molar-refractivity contribution < 1.29 is 10.2 Å². The third-order valence-electron chi connectivity index (χ3n) is 3.16. The van der Waals surface area contributed by atoms with Gasteiger partial charge in [-0.15, -0.1) is 0 Å². The summed E-state index contributed by atoms with van der Waals surface area (Å²) in [7, 11) is 0. The average Bonchev–Trinajstić information content (AvgIpc) is 2.42. The first-order valence-corrected chi connectivity index (χ1v) is 6.79. The van der Waals surface area contributed by atoms with E-state index in [1.54, 1.807) is 0 Å². The molecular formula is C15H25NO2. The number of hydrogen-bond acceptors (Lipinski definition) is 3. The highest BCUT2D eigenvalue weighted by atomic mass is 16.3. The summed E-state index contributed by atoms with van der Waals surface area (Å²) in [6, 6.07) is 5.90. The van der Waals surface area contributed by atoms with Crippen LogP contribution in [0, 0.1) is 0 Å². The number of nitrogens with zero attached hydrogens (tertiary/aromatic N) is 1. The summed E-state index contributed by atoms with van der Waals surface area (Å²) in [6.07, 6.45) is 2.41. The molecule has 0 fully saturated rings. The Morgan fingerprint density at radius 3 is 1.94 bits per heavy atom. The molecule has 18 heavy (non-hydrogen) atoms. The molecule has 1 rings (SSSR count). The Morgan fingerprint density at radius 2 is 1.50 bits per heavy atom. The fourth-order valence-corrected chi connectivity index (χ4v) is 2.10. The van der Waals surface area contributed by atoms with E-state index in [1.807, 2.05) is 18.2 Å². The van der Waals surface area contributed by atoms with Gasteiger partial charge in [-0.1, -0.05) is 38.5 Å². The SMILES string of the molecule is CCCCN(CC)Cc1cc(CO)cc(CO)c1. The molecule has 0 unspecified atom stereocenters. The van der Waals surface area contributed by atoms with Crippen LogP contribution < -0.4 is 0 Å². The number of hydrogen-bond donors (Lipinski definition) is 2. The molecule has 3 nitrogen and oxygen atoms in total. The van der Waals surface area contributed by atoms with Gasteiger partial charge in [-0.05, 0) is 36.2 Å². The molecule has 1 aromatic rings. The zero-order valence-corrected chi connectivity index (χ0v) is 11.5. The largest absolute Gasteiger partial charge is 0.392 e. The maximum Gasteiger partial charge on any atom is 0.0682 e. The molecule has 0 aliphatic carbocycles. The van der Waals surface area contributed by atoms with Crippen molar-refractivity contribution in [2.24, 2.45) is 0 Å². The minimum absolute atomic E-state index is 0.0297. The summed E-state index contributed by atoms with van der Waals surface area (Å²) < 4.78 is 0. The van der Waals surface area contributed by atoms with E-state index in [0.29, 0.717) is 0 Å². The molecule has 0 atom stereocenters. The molecule has 0 aliphatic rings. The van der Waals surface area contributed by atoms with Gasteiger partial charge in [-0.2, -0.15) is 0 Å². The third-order valence-corrected chi connectivity index (χ3v) is 3.16. The Kier molecular flexibility index (Phi) is 6.94. The Morgan fingerprint density at radius 1 is 0.944 bits per heavy atom. The second-order valence-corrected chi connectivity index (χ2v) is 4.70. The van der Waals surface area contributed by atoms with E-state index < -0.39 is 0 Å². The van der Waals surface area contributed by atoms with Crippen LogP contribution in [-0.4, -0.2) is 28.2 Å². The van der Waals surface area contributed by atoms with Crippen LogP contribution in [0.2, 0.25) is 0 Å². The molecule has 0 aliphatic heterocycles. The van der Waals surface area contributed by atoms with Gasteiger partial charge in [0, 0.05) is 6.54 Å². The monoisotopic (exact) mass is 251 g/mol. The van der Waals surface area contributed by atoms with E-state index >= 15 is 0 Å². The molecule has 102 valence electrons. The molecule has 2 N–H and O–H groups in total. The van der Waals surface area contributed by atoms with E-state index in [1.165, 1.54) is 18.4 Å². The smallest absolute Gasteiger partial charge is 0.0682 e. The van der Waals surface area contributed by atoms with Crippen LogP contribution in [0.25, 0.3) is 0 Å². The first-order chi connectivity index (χ1) is 8.73. The zero-order valence-electron chi connectivity index (χ0n) is 11.5. The predicted octanol–water partition coefficient (Wildman–Crippen LogP) is 2.29. The molecule has 0 bridgehead atoms. The van der Waals surface area contributed by atoms with Crippen molar-refractivity contribution in [2.75, 3.05) is 13.1 Å². The van der Waals surface area contributed by atoms with Gasteiger partial charge in [-0.25, -0.2) is 0 Å². The highest BCUT2D eigenvalue weighted by Gasteiger charge is 2.05. The van der Waals surface area contributed by atoms with Gasteiger partial charge in [-0.3, -0.25) is 4.90 Å². The Labute approximate surface area is 110 Å². The minimum atomic E-state index is 0.0297. The minimum Gasteiger partial charge on any atom is -0.392 e. The second kappa shape index (κ2) is 8.25. The average molecular weight is 251 g/mol. The first kappa shape index (κ1) is 15.2. The fourth-order valence-electron chi connectivity index (χ4n) is 2.10. The normalized spacial score (nSPS) is 11.2. The van der Waals surface area contributed by atoms with E-state index in [4.69, 9.17) is 0 Å². The number of rotatable bonds is 8. The van der Waals surface area contributed by atoms with Gasteiger partial charge >= 0.3 is 0 Å². The van der Waals surface area contributed by atoms with Gasteiger partial charge < -0.3 is 10.2 Å². The molecule has 0 saturated carbocycles. The number of aliphatic hydroxyl groups excluding tert-OH is 2. The first-order valence-electron chi connectivity index (χ1n) is 6.79. The highest BCUT2D eigenvalue weighted by Crippen LogP contribution is 2.13. The van der Waals surface area contributed by atoms with Crippen LogP contribution in [0.15, 0.2) is 18.2 Å². The molecular weight excluding hydrogens is 226 g/mol. The van der Waals surface area contributed by atoms with Gasteiger partial charge in [0.05, 0.1) is 13.2 Å². The topological polar surface area (TPSA) is 43.7 Å². The van der Waals surface area contributed by atoms with Crippen molar-refractivity contribution in [3.05, 3.63) is 34.9 Å². The van der Waals surface area contributed by atoms with Crippen molar-refractivity contribution in [1.82, 2.24) is 4.90 Å². The summed E-state index contributed by atoms with van der Waals surface area (Å²) in [5, 5.41) is 18.4. The Hall–Kier alpha value is -0.900. The molecule has 1 aromatic carbocycles. The maximum absolute atomic E-state index is 9.22. The van der Waals surface area contributed by atoms with Crippen LogP contribution in [0.3, 0.4) is 0 Å². The van der Waals surface area contributed by atoms with Crippen LogP contribution >= 0.6 is 0 Å². The van der Waals surface area contributed by atoms with E-state index in [-0.39, 0.29) is 13.2 Å². The van der Waals surface area contributed by atoms with Gasteiger partial charge in [0.25, 0.3) is 0 Å². The third kappa shape index (κ3) is 4.77. The summed E-state index contributed by atoms with van der Waals surface area (Å²) in [4.78, 5) is 2.39. The van der Waals surface area contributed by atoms with Gasteiger partial charge in [0.2, 0.25) is 0 Å². The lowest BCUT2D eigenvalue weighted by Crippen LogP contribution is -2.24. The zero-order chi connectivity index (χ0) is 13.4. The molecule has 3 heteroatoms. The van der Waals surface area contributed by atoms with E-state index in [2.05, 4.69) is 18.7 Å². The van der Waals surface area contributed by atoms with Crippen molar-refractivity contribution in [3.8, 4) is 0 Å². The molecule has 0 aromatic heterocycles. The highest BCUT2D eigenvalue weighted by molar-refractivity contribution is 5.29. The summed E-state index contributed by atoms with van der Waals surface area (Å²) in [5.41, 5.74) is 2.93. The molecule has 0 heterocycles. The number of benzene rings is 1. The quantitative estimate of drug-likeness (QED) is 0.745. The summed E-state index contributed by atoms with van der Waals surface area (Å²) >= 11 is 0. The van der Waals surface area contributed by atoms with Crippen LogP contribution in [0.5, 0.6) is 0 Å². The van der Waals surface area contributed by atoms with Crippen LogP contribution in [0.4, 0.5) is 0 Å². The Balaban J connectivity index is 2.74. The molecule has 0 radical (unpaired) electrons. The van der Waals surface area contributed by atoms with Gasteiger partial charge in [0.1, 0.15) is 0 Å². The van der Waals surface area contributed by atoms with Crippen molar-refractivity contribution in [1.29, 1.82) is 0 Å². The Bertz CT molecular complexity index is 330. The van der Waals surface area contributed by atoms with Gasteiger partial charge in [0.15, 0.2) is 0 Å². The fraction of sp³-hybridized carbons (Fsp3) is 0.600. The molecule has 0 spiro atoms. The maximum atomic E-state index is 9.22. The standard InChI is InChI=1S/C15H25NO2/c1-3-5-6-16(4-2)10-13-7-14(11-17)9-15(8-13)12-18/h7-9,17-18H,3-6,10-12H2,1-2H3. The molecule has 0 saturated heterocycles. The summed E-state index contributed by atoms with van der Waals surface area (Å²) in [6.45, 7) is 7.44. The number of aliphatic hydroxyl groups is 2. The summed E-state index contributed by atoms with van der Waals surface area (Å²) in [5.74, 6) is 0. The van der Waals surface area contributed by atoms with Crippen molar-refractivity contribution in [2.45, 2.75) is 46.4 Å². The molecule has 0 amide bonds. The predicted molar refractivity (Wildman–Crippen MR) is 74.1 cm³/mol. The van der Waals surface area contributed by atoms with Crippen molar-refractivity contribution >= 4 is 0 Å². The lowest BCUT2D eigenvalue weighted by molar-refractivity contribution is 0.268. The second-order valence-electron chi connectivity index (χ2n) is 4.70. The van der Waals surface area contributed by atoms with Crippen LogP contribution in [0.1, 0.15) is 43.4 Å². The van der Waals surface area contributed by atoms with E-state index in [9.17, 15) is 10.2 Å². The van der Waals surface area contributed by atoms with E-state index in [0.717, 1.165) is 30.8 Å². The van der Waals surface area contributed by atoms with Crippen LogP contribution in [-0.2, 0) is 19.8 Å². The lowest BCUT2D eigenvalue weighted by atomic mass is 10.1.